The Morgan fingerprint density at radius 1 is 1.40 bits per heavy atom. The maximum Gasteiger partial charge on any atom is 0.0309 e. The molecule has 1 aliphatic carbocycles. The molecule has 51 valence electrons. The van der Waals surface area contributed by atoms with Gasteiger partial charge in [0.2, 0.25) is 0 Å². The summed E-state index contributed by atoms with van der Waals surface area (Å²) in [6, 6.07) is 0. The molecule has 0 bridgehead atoms. The second-order valence-corrected chi connectivity index (χ2v) is 2.07. The quantitative estimate of drug-likeness (QED) is 0.486. The van der Waals surface area contributed by atoms with E-state index in [-0.39, 0.29) is 31.9 Å². The second kappa shape index (κ2) is 6.15. The SMILES string of the molecule is C=C1[CH]C(Cl)=CC=C1.[Cl-].[Zn]. The van der Waals surface area contributed by atoms with Crippen LogP contribution >= 0.6 is 11.6 Å². The molecule has 0 saturated carbocycles. The fourth-order valence-corrected chi connectivity index (χ4v) is 0.750. The normalized spacial score (nSPS) is 14.9. The summed E-state index contributed by atoms with van der Waals surface area (Å²) >= 11 is 5.60. The summed E-state index contributed by atoms with van der Waals surface area (Å²) in [5.74, 6) is 0. The van der Waals surface area contributed by atoms with Gasteiger partial charge in [0, 0.05) is 30.9 Å². The maximum absolute atomic E-state index is 5.60. The summed E-state index contributed by atoms with van der Waals surface area (Å²) in [6.45, 7) is 3.70. The maximum atomic E-state index is 5.60. The molecule has 0 amide bonds. The molecule has 0 N–H and O–H groups in total. The summed E-state index contributed by atoms with van der Waals surface area (Å²) in [7, 11) is 0. The van der Waals surface area contributed by atoms with Crippen molar-refractivity contribution in [1.82, 2.24) is 0 Å². The Hall–Kier alpha value is 0.423. The summed E-state index contributed by atoms with van der Waals surface area (Å²) in [6.07, 6.45) is 7.44. The van der Waals surface area contributed by atoms with E-state index in [4.69, 9.17) is 11.6 Å². The topological polar surface area (TPSA) is 0 Å². The van der Waals surface area contributed by atoms with E-state index in [1.165, 1.54) is 0 Å². The van der Waals surface area contributed by atoms with E-state index in [0.717, 1.165) is 10.6 Å². The zero-order valence-electron chi connectivity index (χ0n) is 5.48. The van der Waals surface area contributed by atoms with E-state index in [9.17, 15) is 0 Å². The summed E-state index contributed by atoms with van der Waals surface area (Å²) in [5.41, 5.74) is 0.956. The van der Waals surface area contributed by atoms with Gasteiger partial charge < -0.3 is 12.4 Å². The van der Waals surface area contributed by atoms with Crippen LogP contribution in [0.25, 0.3) is 0 Å². The summed E-state index contributed by atoms with van der Waals surface area (Å²) in [4.78, 5) is 0. The van der Waals surface area contributed by atoms with E-state index >= 15 is 0 Å². The molecule has 0 aromatic rings. The first-order chi connectivity index (χ1) is 3.79. The zero-order valence-corrected chi connectivity index (χ0v) is 9.96. The van der Waals surface area contributed by atoms with Gasteiger partial charge in [0.05, 0.1) is 0 Å². The van der Waals surface area contributed by atoms with Crippen LogP contribution in [0.15, 0.2) is 35.4 Å². The van der Waals surface area contributed by atoms with E-state index in [2.05, 4.69) is 6.58 Å². The van der Waals surface area contributed by atoms with Crippen LogP contribution in [0.5, 0.6) is 0 Å². The van der Waals surface area contributed by atoms with Crippen molar-refractivity contribution in [1.29, 1.82) is 0 Å². The third-order valence-corrected chi connectivity index (χ3v) is 1.12. The van der Waals surface area contributed by atoms with Gasteiger partial charge in [-0.15, -0.1) is 0 Å². The van der Waals surface area contributed by atoms with Crippen molar-refractivity contribution in [3.05, 3.63) is 41.8 Å². The minimum atomic E-state index is 0. The van der Waals surface area contributed by atoms with Crippen molar-refractivity contribution in [2.75, 3.05) is 0 Å². The average Bonchev–Trinajstić information content (AvgIpc) is 1.64. The Labute approximate surface area is 85.2 Å². The molecule has 0 aliphatic heterocycles. The number of rotatable bonds is 0. The van der Waals surface area contributed by atoms with Gasteiger partial charge in [0.25, 0.3) is 0 Å². The molecule has 0 heterocycles. The average molecular weight is 226 g/mol. The fourth-order valence-electron chi connectivity index (χ4n) is 0.537. The number of hydrogen-bond donors (Lipinski definition) is 0. The number of allylic oxidation sites excluding steroid dienone is 5. The first-order valence-corrected chi connectivity index (χ1v) is 2.74. The molecule has 1 rings (SSSR count). The van der Waals surface area contributed by atoms with E-state index in [1.807, 2.05) is 24.6 Å². The molecule has 1 radical (unpaired) electrons. The second-order valence-electron chi connectivity index (χ2n) is 1.63. The van der Waals surface area contributed by atoms with Gasteiger partial charge in [-0.05, 0) is 11.6 Å². The van der Waals surface area contributed by atoms with Gasteiger partial charge in [-0.3, -0.25) is 0 Å². The van der Waals surface area contributed by atoms with E-state index in [0.29, 0.717) is 0 Å². The largest absolute Gasteiger partial charge is 1.00 e. The molecule has 0 spiro atoms. The fraction of sp³-hybridized carbons (Fsp3) is 0. The van der Waals surface area contributed by atoms with E-state index < -0.39 is 0 Å². The Morgan fingerprint density at radius 3 is 2.30 bits per heavy atom. The van der Waals surface area contributed by atoms with Crippen molar-refractivity contribution in [3.63, 3.8) is 0 Å². The van der Waals surface area contributed by atoms with Gasteiger partial charge in [0.15, 0.2) is 0 Å². The summed E-state index contributed by atoms with van der Waals surface area (Å²) < 4.78 is 0. The van der Waals surface area contributed by atoms with Gasteiger partial charge in [-0.1, -0.05) is 30.3 Å². The third-order valence-electron chi connectivity index (χ3n) is 0.889. The summed E-state index contributed by atoms with van der Waals surface area (Å²) in [5, 5.41) is 0.748. The van der Waals surface area contributed by atoms with Crippen LogP contribution in [-0.4, -0.2) is 0 Å². The van der Waals surface area contributed by atoms with Crippen LogP contribution in [0.4, 0.5) is 0 Å². The Kier molecular flexibility index (Phi) is 8.03. The first kappa shape index (κ1) is 13.0. The Balaban J connectivity index is 0. The smallest absolute Gasteiger partial charge is 0.0309 e. The van der Waals surface area contributed by atoms with Gasteiger partial charge in [-0.25, -0.2) is 0 Å². The van der Waals surface area contributed by atoms with Crippen LogP contribution in [0, 0.1) is 6.42 Å². The van der Waals surface area contributed by atoms with Crippen LogP contribution < -0.4 is 12.4 Å². The molecule has 0 aromatic heterocycles. The molecule has 0 fully saturated rings. The minimum absolute atomic E-state index is 0. The predicted octanol–water partition coefficient (Wildman–Crippen LogP) is -0.559. The van der Waals surface area contributed by atoms with Gasteiger partial charge in [-0.2, -0.15) is 0 Å². The molecule has 0 saturated heterocycles. The molecule has 10 heavy (non-hydrogen) atoms. The van der Waals surface area contributed by atoms with Crippen LogP contribution in [0.1, 0.15) is 0 Å². The molecular formula is C7H6Cl2Zn-. The van der Waals surface area contributed by atoms with Crippen molar-refractivity contribution < 1.29 is 31.9 Å². The monoisotopic (exact) mass is 224 g/mol. The van der Waals surface area contributed by atoms with Crippen molar-refractivity contribution >= 4 is 11.6 Å². The van der Waals surface area contributed by atoms with Crippen molar-refractivity contribution in [2.24, 2.45) is 0 Å². The molecule has 0 nitrogen and oxygen atoms in total. The predicted molar refractivity (Wildman–Crippen MR) is 36.5 cm³/mol. The van der Waals surface area contributed by atoms with Gasteiger partial charge >= 0.3 is 0 Å². The molecule has 0 atom stereocenters. The molecule has 0 unspecified atom stereocenters. The van der Waals surface area contributed by atoms with Crippen LogP contribution in [-0.2, 0) is 19.5 Å². The van der Waals surface area contributed by atoms with Crippen molar-refractivity contribution in [2.45, 2.75) is 0 Å². The molecule has 0 aromatic carbocycles. The number of halogens is 2. The standard InChI is InChI=1S/C7H6Cl.ClH.Zn/c1-6-3-2-4-7(8)5-6;;/h2-5H,1H2;1H;/p-1. The minimum Gasteiger partial charge on any atom is -1.00 e. The number of hydrogen-bond acceptors (Lipinski definition) is 0. The van der Waals surface area contributed by atoms with E-state index in [1.54, 1.807) is 0 Å². The third kappa shape index (κ3) is 4.27. The van der Waals surface area contributed by atoms with Crippen LogP contribution in [0.2, 0.25) is 0 Å². The van der Waals surface area contributed by atoms with Gasteiger partial charge in [0.1, 0.15) is 0 Å². The first-order valence-electron chi connectivity index (χ1n) is 2.36. The molecule has 1 aliphatic rings. The zero-order chi connectivity index (χ0) is 5.98. The Bertz CT molecular complexity index is 170. The van der Waals surface area contributed by atoms with Crippen LogP contribution in [0.3, 0.4) is 0 Å². The Morgan fingerprint density at radius 2 is 2.00 bits per heavy atom. The molecule has 3 heteroatoms. The van der Waals surface area contributed by atoms with Crippen molar-refractivity contribution in [3.8, 4) is 0 Å². The molecular weight excluding hydrogens is 220 g/mol.